The third kappa shape index (κ3) is 3.26. The van der Waals surface area contributed by atoms with E-state index >= 15 is 0 Å². The Bertz CT molecular complexity index is 458. The number of hydrogen-bond acceptors (Lipinski definition) is 2. The van der Waals surface area contributed by atoms with Crippen LogP contribution in [0.25, 0.3) is 0 Å². The second-order valence-corrected chi connectivity index (χ2v) is 8.38. The zero-order chi connectivity index (χ0) is 14.8. The Morgan fingerprint density at radius 3 is 2.10 bits per heavy atom. The average Bonchev–Trinajstić information content (AvgIpc) is 2.47. The molecule has 1 aliphatic heterocycles. The number of benzene rings is 1. The van der Waals surface area contributed by atoms with Gasteiger partial charge < -0.3 is 0 Å². The molecule has 1 aromatic carbocycles. The first kappa shape index (κ1) is 15.6. The number of nitrogens with zero attached hydrogens (tertiary/aromatic N) is 1. The Kier molecular flexibility index (Phi) is 4.92. The molecule has 20 heavy (non-hydrogen) atoms. The number of likely N-dealkylation sites (tertiary alicyclic amines) is 1. The molecule has 0 aromatic heterocycles. The van der Waals surface area contributed by atoms with Crippen molar-refractivity contribution in [3.63, 3.8) is 0 Å². The fourth-order valence-corrected chi connectivity index (χ4v) is 3.51. The van der Waals surface area contributed by atoms with E-state index in [9.17, 15) is 4.79 Å². The molecule has 0 atom stereocenters. The molecular weight excluding hydrogens is 266 g/mol. The Hall–Kier alpha value is -0.800. The third-order valence-electron chi connectivity index (χ3n) is 4.29. The molecule has 1 aromatic rings. The van der Waals surface area contributed by atoms with Gasteiger partial charge in [-0.1, -0.05) is 6.42 Å². The van der Waals surface area contributed by atoms with Gasteiger partial charge >= 0.3 is 0 Å². The lowest BCUT2D eigenvalue weighted by Gasteiger charge is -2.39. The summed E-state index contributed by atoms with van der Waals surface area (Å²) in [6.45, 7) is 6.23. The van der Waals surface area contributed by atoms with E-state index in [-0.39, 0.29) is 22.2 Å². The van der Waals surface area contributed by atoms with E-state index < -0.39 is 0 Å². The summed E-state index contributed by atoms with van der Waals surface area (Å²) in [5.74, 6) is 0.248. The minimum Gasteiger partial charge on any atom is -0.292 e. The molecule has 1 saturated heterocycles. The monoisotopic (exact) mass is 292 g/mol. The van der Waals surface area contributed by atoms with Gasteiger partial charge in [-0.15, -0.1) is 0 Å². The van der Waals surface area contributed by atoms with Gasteiger partial charge in [-0.05, 0) is 64.0 Å². The number of piperidine rings is 1. The Morgan fingerprint density at radius 2 is 1.60 bits per heavy atom. The molecule has 2 nitrogen and oxygen atoms in total. The molecule has 0 spiro atoms. The van der Waals surface area contributed by atoms with E-state index in [0.717, 1.165) is 18.7 Å². The summed E-state index contributed by atoms with van der Waals surface area (Å²) in [5.41, 5.74) is 0.456. The quantitative estimate of drug-likeness (QED) is 0.626. The summed E-state index contributed by atoms with van der Waals surface area (Å²) < 4.78 is 0. The molecule has 0 unspecified atom stereocenters. The lowest BCUT2D eigenvalue weighted by atomic mass is 9.89. The van der Waals surface area contributed by atoms with Gasteiger partial charge in [-0.25, -0.2) is 0 Å². The van der Waals surface area contributed by atoms with Gasteiger partial charge in [0.25, 0.3) is 0 Å². The topological polar surface area (TPSA) is 20.3 Å². The minimum absolute atomic E-state index is 0.248. The van der Waals surface area contributed by atoms with Crippen molar-refractivity contribution in [1.82, 2.24) is 4.90 Å². The van der Waals surface area contributed by atoms with Crippen LogP contribution in [0.2, 0.25) is 0 Å². The van der Waals surface area contributed by atoms with E-state index in [1.165, 1.54) is 24.2 Å². The highest BCUT2D eigenvalue weighted by Gasteiger charge is 2.35. The van der Waals surface area contributed by atoms with Crippen molar-refractivity contribution < 1.29 is 4.79 Å². The van der Waals surface area contributed by atoms with Crippen LogP contribution < -0.4 is 0 Å². The molecule has 110 valence electrons. The van der Waals surface area contributed by atoms with E-state index in [1.807, 2.05) is 12.1 Å². The lowest BCUT2D eigenvalue weighted by Crippen LogP contribution is -2.52. The smallest absolute Gasteiger partial charge is 0.182 e. The van der Waals surface area contributed by atoms with Gasteiger partial charge in [0.15, 0.2) is 10.7 Å². The maximum atomic E-state index is 12.8. The zero-order valence-electron chi connectivity index (χ0n) is 13.1. The highest BCUT2D eigenvalue weighted by Crippen LogP contribution is 2.25. The zero-order valence-corrected chi connectivity index (χ0v) is 13.9. The largest absolute Gasteiger partial charge is 0.292 e. The summed E-state index contributed by atoms with van der Waals surface area (Å²) in [4.78, 5) is 16.5. The molecule has 0 radical (unpaired) electrons. The van der Waals surface area contributed by atoms with Crippen molar-refractivity contribution in [3.05, 3.63) is 29.8 Å². The molecule has 0 amide bonds. The van der Waals surface area contributed by atoms with Crippen molar-refractivity contribution in [3.8, 4) is 0 Å². The predicted molar refractivity (Wildman–Crippen MR) is 87.8 cm³/mol. The first-order valence-corrected chi connectivity index (χ1v) is 9.44. The average molecular weight is 292 g/mol. The number of carbonyl (C=O) groups excluding carboxylic acids is 1. The predicted octanol–water partition coefficient (Wildman–Crippen LogP) is 3.37. The summed E-state index contributed by atoms with van der Waals surface area (Å²) in [5, 5.41) is 0. The van der Waals surface area contributed by atoms with Crippen molar-refractivity contribution in [2.45, 2.75) is 43.5 Å². The van der Waals surface area contributed by atoms with Crippen LogP contribution in [0, 0.1) is 0 Å². The Balaban J connectivity index is 2.16. The highest BCUT2D eigenvalue weighted by molar-refractivity contribution is 7.95. The van der Waals surface area contributed by atoms with Gasteiger partial charge in [-0.3, -0.25) is 9.69 Å². The van der Waals surface area contributed by atoms with E-state index in [1.54, 1.807) is 0 Å². The van der Waals surface area contributed by atoms with E-state index in [0.29, 0.717) is 0 Å². The van der Waals surface area contributed by atoms with Gasteiger partial charge in [0.2, 0.25) is 0 Å². The first-order chi connectivity index (χ1) is 9.43. The van der Waals surface area contributed by atoms with Gasteiger partial charge in [0.05, 0.1) is 5.54 Å². The van der Waals surface area contributed by atoms with Crippen LogP contribution >= 0.6 is 0 Å². The molecule has 0 N–H and O–H groups in total. The van der Waals surface area contributed by atoms with Crippen LogP contribution in [0.1, 0.15) is 43.5 Å². The molecular formula is C17H26NOS+. The maximum Gasteiger partial charge on any atom is 0.182 e. The first-order valence-electron chi connectivity index (χ1n) is 7.40. The summed E-state index contributed by atoms with van der Waals surface area (Å²) in [7, 11) is 0.252. The van der Waals surface area contributed by atoms with Crippen LogP contribution in [-0.4, -0.2) is 41.8 Å². The molecule has 3 heteroatoms. The van der Waals surface area contributed by atoms with E-state index in [4.69, 9.17) is 0 Å². The Labute approximate surface area is 125 Å². The number of Topliss-reactive ketones (excluding diaryl/α,β-unsaturated/α-hetero) is 1. The fraction of sp³-hybridized carbons (Fsp3) is 0.588. The standard InChI is InChI=1S/C17H26NOS/c1-17(2,18-12-6-5-7-13-18)16(19)14-8-10-15(11-9-14)20(3)4/h8-11H,5-7,12-13H2,1-4H3/q+1. The number of carbonyl (C=O) groups is 1. The summed E-state index contributed by atoms with van der Waals surface area (Å²) in [6.07, 6.45) is 8.13. The minimum atomic E-state index is -0.387. The Morgan fingerprint density at radius 1 is 1.05 bits per heavy atom. The molecule has 1 aliphatic rings. The van der Waals surface area contributed by atoms with Crippen LogP contribution in [0.3, 0.4) is 0 Å². The molecule has 1 heterocycles. The molecule has 0 saturated carbocycles. The van der Waals surface area contributed by atoms with Crippen LogP contribution in [0.4, 0.5) is 0 Å². The fourth-order valence-electron chi connectivity index (χ4n) is 2.83. The van der Waals surface area contributed by atoms with Crippen molar-refractivity contribution in [2.24, 2.45) is 0 Å². The highest BCUT2D eigenvalue weighted by atomic mass is 32.2. The number of rotatable bonds is 4. The van der Waals surface area contributed by atoms with Gasteiger partial charge in [0.1, 0.15) is 12.5 Å². The number of hydrogen-bond donors (Lipinski definition) is 0. The second kappa shape index (κ2) is 6.31. The van der Waals surface area contributed by atoms with Crippen molar-refractivity contribution in [1.29, 1.82) is 0 Å². The van der Waals surface area contributed by atoms with Crippen molar-refractivity contribution >= 4 is 16.7 Å². The molecule has 2 rings (SSSR count). The van der Waals surface area contributed by atoms with Crippen molar-refractivity contribution in [2.75, 3.05) is 25.6 Å². The normalized spacial score (nSPS) is 17.4. The molecule has 1 fully saturated rings. The maximum absolute atomic E-state index is 12.8. The van der Waals surface area contributed by atoms with E-state index in [2.05, 4.69) is 43.4 Å². The molecule has 0 aliphatic carbocycles. The summed E-state index contributed by atoms with van der Waals surface area (Å²) >= 11 is 0. The van der Waals surface area contributed by atoms with Crippen LogP contribution in [-0.2, 0) is 10.9 Å². The van der Waals surface area contributed by atoms with Gasteiger partial charge in [0, 0.05) is 16.5 Å². The third-order valence-corrected chi connectivity index (χ3v) is 5.51. The second-order valence-electron chi connectivity index (χ2n) is 6.28. The van der Waals surface area contributed by atoms with Crippen LogP contribution in [0.5, 0.6) is 0 Å². The van der Waals surface area contributed by atoms with Crippen LogP contribution in [0.15, 0.2) is 29.2 Å². The summed E-state index contributed by atoms with van der Waals surface area (Å²) in [6, 6.07) is 8.19. The lowest BCUT2D eigenvalue weighted by molar-refractivity contribution is 0.0579. The molecule has 0 bridgehead atoms. The van der Waals surface area contributed by atoms with Gasteiger partial charge in [-0.2, -0.15) is 0 Å². The number of ketones is 1. The SMILES string of the molecule is C[S+](C)c1ccc(C(=O)C(C)(C)N2CCCCC2)cc1.